The van der Waals surface area contributed by atoms with E-state index < -0.39 is 0 Å². The number of hydrogen-bond acceptors (Lipinski definition) is 2. The van der Waals surface area contributed by atoms with E-state index >= 15 is 0 Å². The molecule has 2 heteroatoms. The molecule has 98 valence electrons. The lowest BCUT2D eigenvalue weighted by molar-refractivity contribution is 0.295. The van der Waals surface area contributed by atoms with E-state index in [2.05, 4.69) is 24.3 Å². The van der Waals surface area contributed by atoms with Crippen molar-refractivity contribution in [3.8, 4) is 5.75 Å². The maximum atomic E-state index is 6.07. The Morgan fingerprint density at radius 3 is 2.28 bits per heavy atom. The van der Waals surface area contributed by atoms with Crippen LogP contribution in [0.15, 0.2) is 24.3 Å². The zero-order chi connectivity index (χ0) is 12.4. The Balaban J connectivity index is 1.76. The maximum Gasteiger partial charge on any atom is 0.119 e. The topological polar surface area (TPSA) is 35.2 Å². The van der Waals surface area contributed by atoms with Gasteiger partial charge in [-0.2, -0.15) is 0 Å². The third-order valence-corrected chi connectivity index (χ3v) is 4.50. The highest BCUT2D eigenvalue weighted by Crippen LogP contribution is 2.39. The molecule has 2 aliphatic carbocycles. The van der Waals surface area contributed by atoms with E-state index in [0.717, 1.165) is 12.3 Å². The van der Waals surface area contributed by atoms with Gasteiger partial charge in [-0.15, -0.1) is 0 Å². The fourth-order valence-electron chi connectivity index (χ4n) is 3.10. The van der Waals surface area contributed by atoms with Gasteiger partial charge in [0.25, 0.3) is 0 Å². The Hall–Kier alpha value is -1.02. The average Bonchev–Trinajstić information content (AvgIpc) is 3.24. The molecule has 0 bridgehead atoms. The smallest absolute Gasteiger partial charge is 0.119 e. The summed E-state index contributed by atoms with van der Waals surface area (Å²) >= 11 is 0. The molecule has 18 heavy (non-hydrogen) atoms. The van der Waals surface area contributed by atoms with Crippen LogP contribution in [0.4, 0.5) is 0 Å². The van der Waals surface area contributed by atoms with Gasteiger partial charge in [0.15, 0.2) is 0 Å². The number of hydrogen-bond donors (Lipinski definition) is 1. The molecule has 2 fully saturated rings. The van der Waals surface area contributed by atoms with E-state index in [-0.39, 0.29) is 5.41 Å². The summed E-state index contributed by atoms with van der Waals surface area (Å²) in [5, 5.41) is 0. The average molecular weight is 245 g/mol. The number of ether oxygens (including phenoxy) is 1. The van der Waals surface area contributed by atoms with Crippen LogP contribution in [-0.4, -0.2) is 12.6 Å². The van der Waals surface area contributed by atoms with Crippen molar-refractivity contribution in [2.75, 3.05) is 6.54 Å². The molecule has 0 radical (unpaired) electrons. The van der Waals surface area contributed by atoms with Gasteiger partial charge >= 0.3 is 0 Å². The van der Waals surface area contributed by atoms with Crippen LogP contribution in [-0.2, 0) is 5.41 Å². The molecule has 1 aromatic rings. The van der Waals surface area contributed by atoms with Crippen LogP contribution in [0.5, 0.6) is 5.75 Å². The molecule has 0 atom stereocenters. The van der Waals surface area contributed by atoms with Gasteiger partial charge < -0.3 is 10.5 Å². The number of nitrogens with two attached hydrogens (primary N) is 1. The Kier molecular flexibility index (Phi) is 3.29. The molecule has 0 unspecified atom stereocenters. The second-order valence-electron chi connectivity index (χ2n) is 5.89. The van der Waals surface area contributed by atoms with Gasteiger partial charge in [-0.1, -0.05) is 31.4 Å². The maximum absolute atomic E-state index is 6.07. The molecule has 2 saturated carbocycles. The van der Waals surface area contributed by atoms with Gasteiger partial charge in [0.05, 0.1) is 6.10 Å². The fraction of sp³-hybridized carbons (Fsp3) is 0.625. The first kappa shape index (κ1) is 12.0. The van der Waals surface area contributed by atoms with Gasteiger partial charge in [0.1, 0.15) is 5.75 Å². The quantitative estimate of drug-likeness (QED) is 0.882. The van der Waals surface area contributed by atoms with E-state index in [1.165, 1.54) is 50.5 Å². The Labute approximate surface area is 110 Å². The predicted octanol–water partition coefficient (Wildman–Crippen LogP) is 3.39. The monoisotopic (exact) mass is 245 g/mol. The molecule has 2 N–H and O–H groups in total. The van der Waals surface area contributed by atoms with Gasteiger partial charge in [-0.05, 0) is 43.4 Å². The molecule has 0 aromatic heterocycles. The highest BCUT2D eigenvalue weighted by atomic mass is 16.5. The van der Waals surface area contributed by atoms with Crippen LogP contribution in [0, 0.1) is 0 Å². The Bertz CT molecular complexity index is 388. The second-order valence-corrected chi connectivity index (χ2v) is 5.89. The van der Waals surface area contributed by atoms with Crippen molar-refractivity contribution in [3.63, 3.8) is 0 Å². The predicted molar refractivity (Wildman–Crippen MR) is 73.9 cm³/mol. The lowest BCUT2D eigenvalue weighted by Gasteiger charge is -2.36. The van der Waals surface area contributed by atoms with Crippen LogP contribution in [0.1, 0.15) is 50.5 Å². The molecule has 2 nitrogen and oxygen atoms in total. The Morgan fingerprint density at radius 2 is 1.72 bits per heavy atom. The first-order valence-electron chi connectivity index (χ1n) is 7.30. The van der Waals surface area contributed by atoms with Gasteiger partial charge in [0, 0.05) is 12.0 Å². The summed E-state index contributed by atoms with van der Waals surface area (Å²) in [4.78, 5) is 0. The van der Waals surface area contributed by atoms with Crippen molar-refractivity contribution in [2.45, 2.75) is 56.5 Å². The van der Waals surface area contributed by atoms with Crippen LogP contribution in [0.25, 0.3) is 0 Å². The van der Waals surface area contributed by atoms with E-state index in [1.54, 1.807) is 0 Å². The van der Waals surface area contributed by atoms with Crippen LogP contribution in [0.2, 0.25) is 0 Å². The highest BCUT2D eigenvalue weighted by molar-refractivity contribution is 5.33. The summed E-state index contributed by atoms with van der Waals surface area (Å²) < 4.78 is 5.80. The van der Waals surface area contributed by atoms with Crippen LogP contribution in [0.3, 0.4) is 0 Å². The summed E-state index contributed by atoms with van der Waals surface area (Å²) in [6.07, 6.45) is 9.40. The van der Waals surface area contributed by atoms with Crippen molar-refractivity contribution in [1.82, 2.24) is 0 Å². The lowest BCUT2D eigenvalue weighted by atomic mass is 9.69. The minimum absolute atomic E-state index is 0.233. The third kappa shape index (κ3) is 2.39. The zero-order valence-electron chi connectivity index (χ0n) is 11.0. The molecule has 0 saturated heterocycles. The molecule has 3 rings (SSSR count). The van der Waals surface area contributed by atoms with Crippen molar-refractivity contribution in [1.29, 1.82) is 0 Å². The van der Waals surface area contributed by atoms with Gasteiger partial charge in [-0.25, -0.2) is 0 Å². The molecule has 0 aliphatic heterocycles. The van der Waals surface area contributed by atoms with Gasteiger partial charge in [0.2, 0.25) is 0 Å². The van der Waals surface area contributed by atoms with Crippen LogP contribution >= 0.6 is 0 Å². The molecule has 1 aromatic carbocycles. The SMILES string of the molecule is NCC1(c2ccc(OC3CC3)cc2)CCCCC1. The molecule has 0 amide bonds. The normalized spacial score (nSPS) is 22.7. The van der Waals surface area contributed by atoms with Crippen molar-refractivity contribution >= 4 is 0 Å². The first-order valence-corrected chi connectivity index (χ1v) is 7.30. The van der Waals surface area contributed by atoms with Gasteiger partial charge in [-0.3, -0.25) is 0 Å². The standard InChI is InChI=1S/C16H23NO/c17-12-16(10-2-1-3-11-16)13-4-6-14(7-5-13)18-15-8-9-15/h4-7,15H,1-3,8-12,17H2. The molecule has 0 heterocycles. The van der Waals surface area contributed by atoms with E-state index in [4.69, 9.17) is 10.5 Å². The number of benzene rings is 1. The third-order valence-electron chi connectivity index (χ3n) is 4.50. The summed E-state index contributed by atoms with van der Waals surface area (Å²) in [6.45, 7) is 0.774. The lowest BCUT2D eigenvalue weighted by Crippen LogP contribution is -2.37. The summed E-state index contributed by atoms with van der Waals surface area (Å²) in [6, 6.07) is 8.71. The minimum Gasteiger partial charge on any atom is -0.490 e. The second kappa shape index (κ2) is 4.93. The first-order chi connectivity index (χ1) is 8.82. The molecular formula is C16H23NO. The van der Waals surface area contributed by atoms with Crippen molar-refractivity contribution in [3.05, 3.63) is 29.8 Å². The largest absolute Gasteiger partial charge is 0.490 e. The van der Waals surface area contributed by atoms with E-state index in [9.17, 15) is 0 Å². The number of rotatable bonds is 4. The van der Waals surface area contributed by atoms with Crippen molar-refractivity contribution in [2.24, 2.45) is 5.73 Å². The minimum atomic E-state index is 0.233. The zero-order valence-corrected chi connectivity index (χ0v) is 11.0. The molecule has 0 spiro atoms. The fourth-order valence-corrected chi connectivity index (χ4v) is 3.10. The van der Waals surface area contributed by atoms with Crippen LogP contribution < -0.4 is 10.5 Å². The van der Waals surface area contributed by atoms with E-state index in [1.807, 2.05) is 0 Å². The highest BCUT2D eigenvalue weighted by Gasteiger charge is 2.32. The van der Waals surface area contributed by atoms with E-state index in [0.29, 0.717) is 6.10 Å². The summed E-state index contributed by atoms with van der Waals surface area (Å²) in [7, 11) is 0. The Morgan fingerprint density at radius 1 is 1.06 bits per heavy atom. The summed E-state index contributed by atoms with van der Waals surface area (Å²) in [5.41, 5.74) is 7.71. The summed E-state index contributed by atoms with van der Waals surface area (Å²) in [5.74, 6) is 1.02. The molecular weight excluding hydrogens is 222 g/mol. The molecule has 2 aliphatic rings. The van der Waals surface area contributed by atoms with Crippen molar-refractivity contribution < 1.29 is 4.74 Å².